The van der Waals surface area contributed by atoms with E-state index in [4.69, 9.17) is 13.7 Å². The quantitative estimate of drug-likeness (QED) is 0.222. The van der Waals surface area contributed by atoms with Gasteiger partial charge in [-0.1, -0.05) is 59.7 Å². The molecule has 1 saturated heterocycles. The lowest BCUT2D eigenvalue weighted by atomic mass is 10.0. The molecule has 162 valence electrons. The van der Waals surface area contributed by atoms with Crippen molar-refractivity contribution < 1.29 is 22.1 Å². The summed E-state index contributed by atoms with van der Waals surface area (Å²) in [5.74, 6) is 0. The molecule has 1 heterocycles. The zero-order valence-electron chi connectivity index (χ0n) is 17.8. The molecule has 0 aromatic heterocycles. The first-order valence-corrected chi connectivity index (χ1v) is 11.6. The van der Waals surface area contributed by atoms with Gasteiger partial charge >= 0.3 is 0 Å². The lowest BCUT2D eigenvalue weighted by Gasteiger charge is -2.09. The summed E-state index contributed by atoms with van der Waals surface area (Å²) >= 11 is 0. The van der Waals surface area contributed by atoms with Crippen LogP contribution in [0.25, 0.3) is 0 Å². The first-order chi connectivity index (χ1) is 14.3. The molecule has 1 aliphatic rings. The van der Waals surface area contributed by atoms with Gasteiger partial charge < -0.3 is 9.47 Å². The highest BCUT2D eigenvalue weighted by Crippen LogP contribution is 2.40. The number of benzene rings is 2. The standard InChI is InChI=1S/C24H30O5S/c1-19-9-12-22(13-10-19)30(25,26)28-18-24(3)23(29-24)14-11-20(2)15-16-27-17-21-7-5-4-6-8-21/h4-10,12-13,15,23H,11,14,16-18H2,1-3H3/b20-15+/t23-,24-/m0/s1. The van der Waals surface area contributed by atoms with Crippen LogP contribution in [0.4, 0.5) is 0 Å². The van der Waals surface area contributed by atoms with Crippen molar-refractivity contribution in [2.75, 3.05) is 13.2 Å². The van der Waals surface area contributed by atoms with Gasteiger partial charge in [-0.25, -0.2) is 0 Å². The van der Waals surface area contributed by atoms with Gasteiger partial charge in [-0.15, -0.1) is 0 Å². The second kappa shape index (κ2) is 9.88. The average Bonchev–Trinajstić information content (AvgIpc) is 3.40. The number of aryl methyl sites for hydroxylation is 1. The Morgan fingerprint density at radius 2 is 1.83 bits per heavy atom. The van der Waals surface area contributed by atoms with Crippen LogP contribution in [0.5, 0.6) is 0 Å². The van der Waals surface area contributed by atoms with Crippen LogP contribution in [0, 0.1) is 6.92 Å². The van der Waals surface area contributed by atoms with Gasteiger partial charge in [0.15, 0.2) is 0 Å². The zero-order valence-corrected chi connectivity index (χ0v) is 18.7. The van der Waals surface area contributed by atoms with E-state index in [0.29, 0.717) is 13.2 Å². The minimum Gasteiger partial charge on any atom is -0.373 e. The highest BCUT2D eigenvalue weighted by molar-refractivity contribution is 7.86. The molecular formula is C24H30O5S. The summed E-state index contributed by atoms with van der Waals surface area (Å²) in [4.78, 5) is 0.170. The Kier molecular flexibility index (Phi) is 7.47. The van der Waals surface area contributed by atoms with Crippen molar-refractivity contribution in [1.82, 2.24) is 0 Å². The van der Waals surface area contributed by atoms with E-state index in [1.54, 1.807) is 24.3 Å². The largest absolute Gasteiger partial charge is 0.373 e. The molecule has 0 amide bonds. The van der Waals surface area contributed by atoms with E-state index in [-0.39, 0.29) is 17.6 Å². The molecule has 6 heteroatoms. The molecule has 30 heavy (non-hydrogen) atoms. The summed E-state index contributed by atoms with van der Waals surface area (Å²) in [5, 5.41) is 0. The Bertz CT molecular complexity index is 951. The second-order valence-corrected chi connectivity index (χ2v) is 9.65. The smallest absolute Gasteiger partial charge is 0.297 e. The van der Waals surface area contributed by atoms with E-state index in [1.165, 1.54) is 5.57 Å². The number of hydrogen-bond acceptors (Lipinski definition) is 5. The van der Waals surface area contributed by atoms with Crippen molar-refractivity contribution in [1.29, 1.82) is 0 Å². The van der Waals surface area contributed by atoms with Crippen LogP contribution >= 0.6 is 0 Å². The number of rotatable bonds is 11. The van der Waals surface area contributed by atoms with Gasteiger partial charge in [0, 0.05) is 0 Å². The minimum atomic E-state index is -3.77. The predicted molar refractivity (Wildman–Crippen MR) is 117 cm³/mol. The lowest BCUT2D eigenvalue weighted by molar-refractivity contribution is 0.148. The highest BCUT2D eigenvalue weighted by atomic mass is 32.2. The Morgan fingerprint density at radius 1 is 1.13 bits per heavy atom. The molecule has 1 aliphatic heterocycles. The molecule has 0 radical (unpaired) electrons. The normalized spacial score (nSPS) is 21.6. The number of ether oxygens (including phenoxy) is 2. The topological polar surface area (TPSA) is 65.1 Å². The summed E-state index contributed by atoms with van der Waals surface area (Å²) < 4.78 is 41.4. The third-order valence-corrected chi connectivity index (χ3v) is 6.59. The average molecular weight is 431 g/mol. The fourth-order valence-electron chi connectivity index (χ4n) is 3.16. The van der Waals surface area contributed by atoms with E-state index >= 15 is 0 Å². The van der Waals surface area contributed by atoms with Crippen molar-refractivity contribution in [3.63, 3.8) is 0 Å². The van der Waals surface area contributed by atoms with Crippen molar-refractivity contribution in [2.45, 2.75) is 56.8 Å². The highest BCUT2D eigenvalue weighted by Gasteiger charge is 2.52. The maximum absolute atomic E-state index is 12.3. The van der Waals surface area contributed by atoms with Crippen LogP contribution < -0.4 is 0 Å². The Hall–Kier alpha value is -1.99. The Balaban J connectivity index is 1.37. The number of epoxide rings is 1. The van der Waals surface area contributed by atoms with Crippen LogP contribution in [-0.2, 0) is 30.4 Å². The van der Waals surface area contributed by atoms with Crippen molar-refractivity contribution in [2.24, 2.45) is 0 Å². The van der Waals surface area contributed by atoms with Gasteiger partial charge in [-0.05, 0) is 51.3 Å². The monoisotopic (exact) mass is 430 g/mol. The third-order valence-electron chi connectivity index (χ3n) is 5.31. The second-order valence-electron chi connectivity index (χ2n) is 8.04. The lowest BCUT2D eigenvalue weighted by Crippen LogP contribution is -2.21. The Labute approximate surface area is 179 Å². The van der Waals surface area contributed by atoms with Crippen molar-refractivity contribution in [3.05, 3.63) is 77.4 Å². The summed E-state index contributed by atoms with van der Waals surface area (Å²) in [7, 11) is -3.77. The summed E-state index contributed by atoms with van der Waals surface area (Å²) in [5.41, 5.74) is 2.84. The first-order valence-electron chi connectivity index (χ1n) is 10.2. The SMILES string of the molecule is C/C(=C\COCc1ccccc1)CC[C@@H]1O[C@@]1(C)COS(=O)(=O)c1ccc(C)cc1. The molecule has 2 aromatic carbocycles. The summed E-state index contributed by atoms with van der Waals surface area (Å²) in [6.45, 7) is 7.07. The molecule has 0 bridgehead atoms. The summed E-state index contributed by atoms with van der Waals surface area (Å²) in [6.07, 6.45) is 3.78. The fourth-order valence-corrected chi connectivity index (χ4v) is 4.16. The van der Waals surface area contributed by atoms with Crippen LogP contribution in [0.1, 0.15) is 37.8 Å². The molecule has 0 aliphatic carbocycles. The van der Waals surface area contributed by atoms with Crippen LogP contribution in [0.3, 0.4) is 0 Å². The maximum Gasteiger partial charge on any atom is 0.297 e. The molecule has 0 N–H and O–H groups in total. The number of hydrogen-bond donors (Lipinski definition) is 0. The number of allylic oxidation sites excluding steroid dienone is 1. The van der Waals surface area contributed by atoms with Crippen LogP contribution in [-0.4, -0.2) is 33.3 Å². The molecule has 5 nitrogen and oxygen atoms in total. The van der Waals surface area contributed by atoms with E-state index < -0.39 is 15.7 Å². The zero-order chi connectivity index (χ0) is 21.6. The fraction of sp³-hybridized carbons (Fsp3) is 0.417. The van der Waals surface area contributed by atoms with Gasteiger partial charge in [-0.2, -0.15) is 8.42 Å². The third kappa shape index (κ3) is 6.51. The van der Waals surface area contributed by atoms with Gasteiger partial charge in [0.05, 0.1) is 30.8 Å². The molecule has 2 aromatic rings. The van der Waals surface area contributed by atoms with Crippen LogP contribution in [0.15, 0.2) is 71.1 Å². The molecular weight excluding hydrogens is 400 g/mol. The molecule has 1 fully saturated rings. The van der Waals surface area contributed by atoms with Crippen molar-refractivity contribution >= 4 is 10.1 Å². The van der Waals surface area contributed by atoms with Gasteiger partial charge in [-0.3, -0.25) is 4.18 Å². The predicted octanol–water partition coefficient (Wildman–Crippen LogP) is 4.80. The Morgan fingerprint density at radius 3 is 2.53 bits per heavy atom. The van der Waals surface area contributed by atoms with Gasteiger partial charge in [0.25, 0.3) is 10.1 Å². The van der Waals surface area contributed by atoms with Gasteiger partial charge in [0.1, 0.15) is 5.60 Å². The van der Waals surface area contributed by atoms with E-state index in [9.17, 15) is 8.42 Å². The van der Waals surface area contributed by atoms with Gasteiger partial charge in [0.2, 0.25) is 0 Å². The molecule has 2 atom stereocenters. The van der Waals surface area contributed by atoms with Crippen molar-refractivity contribution in [3.8, 4) is 0 Å². The first kappa shape index (κ1) is 22.7. The molecule has 0 unspecified atom stereocenters. The van der Waals surface area contributed by atoms with E-state index in [1.807, 2.05) is 44.2 Å². The van der Waals surface area contributed by atoms with Crippen LogP contribution in [0.2, 0.25) is 0 Å². The molecule has 0 spiro atoms. The minimum absolute atomic E-state index is 0.000644. The maximum atomic E-state index is 12.3. The van der Waals surface area contributed by atoms with E-state index in [0.717, 1.165) is 24.0 Å². The molecule has 0 saturated carbocycles. The summed E-state index contributed by atoms with van der Waals surface area (Å²) in [6, 6.07) is 16.7. The molecule has 3 rings (SSSR count). The van der Waals surface area contributed by atoms with E-state index in [2.05, 4.69) is 13.0 Å².